The molecular formula is C11H20N2O4. The van der Waals surface area contributed by atoms with Gasteiger partial charge in [-0.05, 0) is 25.7 Å². The largest absolute Gasteiger partial charge is 0.480 e. The van der Waals surface area contributed by atoms with Crippen LogP contribution in [0.25, 0.3) is 0 Å². The Morgan fingerprint density at radius 2 is 2.06 bits per heavy atom. The molecule has 2 amide bonds. The van der Waals surface area contributed by atoms with E-state index in [1.807, 2.05) is 6.92 Å². The standard InChI is InChI=1S/C11H20N2O4/c1-7(8-4-3-5-8)12-11(16)13-9(6-17-2)10(14)15/h7-9H,3-6H2,1-2H3,(H,14,15)(H2,12,13,16). The van der Waals surface area contributed by atoms with Crippen LogP contribution in [-0.2, 0) is 9.53 Å². The lowest BCUT2D eigenvalue weighted by Gasteiger charge is -2.32. The normalized spacial score (nSPS) is 18.9. The van der Waals surface area contributed by atoms with Crippen molar-refractivity contribution in [3.8, 4) is 0 Å². The second kappa shape index (κ2) is 6.44. The van der Waals surface area contributed by atoms with Crippen LogP contribution in [0.2, 0.25) is 0 Å². The molecule has 6 nitrogen and oxygen atoms in total. The number of amides is 2. The first-order valence-electron chi connectivity index (χ1n) is 5.83. The third-order valence-corrected chi connectivity index (χ3v) is 3.15. The molecule has 0 radical (unpaired) electrons. The van der Waals surface area contributed by atoms with Gasteiger partial charge in [0.1, 0.15) is 0 Å². The molecule has 1 saturated carbocycles. The fourth-order valence-electron chi connectivity index (χ4n) is 1.81. The van der Waals surface area contributed by atoms with E-state index in [-0.39, 0.29) is 12.6 Å². The number of hydrogen-bond acceptors (Lipinski definition) is 3. The molecule has 1 fully saturated rings. The number of rotatable bonds is 6. The minimum absolute atomic E-state index is 0.0411. The number of aliphatic carboxylic acids is 1. The number of carbonyl (C=O) groups is 2. The molecule has 6 heteroatoms. The minimum atomic E-state index is -1.10. The highest BCUT2D eigenvalue weighted by Gasteiger charge is 2.26. The van der Waals surface area contributed by atoms with Gasteiger partial charge in [-0.25, -0.2) is 9.59 Å². The van der Waals surface area contributed by atoms with Crippen molar-refractivity contribution in [2.45, 2.75) is 38.3 Å². The van der Waals surface area contributed by atoms with Crippen LogP contribution in [0.3, 0.4) is 0 Å². The van der Waals surface area contributed by atoms with Gasteiger partial charge in [-0.2, -0.15) is 0 Å². The molecule has 17 heavy (non-hydrogen) atoms. The molecule has 2 atom stereocenters. The van der Waals surface area contributed by atoms with E-state index in [0.717, 1.165) is 12.8 Å². The zero-order valence-corrected chi connectivity index (χ0v) is 10.2. The van der Waals surface area contributed by atoms with Gasteiger partial charge in [-0.15, -0.1) is 0 Å². The number of urea groups is 1. The fraction of sp³-hybridized carbons (Fsp3) is 0.818. The van der Waals surface area contributed by atoms with E-state index in [4.69, 9.17) is 9.84 Å². The lowest BCUT2D eigenvalue weighted by molar-refractivity contribution is -0.140. The maximum atomic E-state index is 11.5. The number of methoxy groups -OCH3 is 1. The molecule has 98 valence electrons. The summed E-state index contributed by atoms with van der Waals surface area (Å²) in [5.41, 5.74) is 0. The third-order valence-electron chi connectivity index (χ3n) is 3.15. The van der Waals surface area contributed by atoms with Gasteiger partial charge in [0.05, 0.1) is 6.61 Å². The van der Waals surface area contributed by atoms with Crippen molar-refractivity contribution in [1.29, 1.82) is 0 Å². The lowest BCUT2D eigenvalue weighted by Crippen LogP contribution is -2.52. The predicted octanol–water partition coefficient (Wildman–Crippen LogP) is 0.574. The molecule has 0 aromatic carbocycles. The first kappa shape index (κ1) is 13.8. The van der Waals surface area contributed by atoms with Crippen LogP contribution >= 0.6 is 0 Å². The summed E-state index contributed by atoms with van der Waals surface area (Å²) in [5.74, 6) is -0.579. The van der Waals surface area contributed by atoms with Gasteiger partial charge in [-0.1, -0.05) is 6.42 Å². The number of carbonyl (C=O) groups excluding carboxylic acids is 1. The molecule has 0 aromatic rings. The SMILES string of the molecule is COCC(NC(=O)NC(C)C1CCC1)C(=O)O. The molecule has 0 spiro atoms. The Labute approximate surface area is 101 Å². The maximum Gasteiger partial charge on any atom is 0.328 e. The summed E-state index contributed by atoms with van der Waals surface area (Å²) in [5, 5.41) is 14.0. The molecule has 3 N–H and O–H groups in total. The van der Waals surface area contributed by atoms with Gasteiger partial charge in [0.25, 0.3) is 0 Å². The van der Waals surface area contributed by atoms with Gasteiger partial charge >= 0.3 is 12.0 Å². The minimum Gasteiger partial charge on any atom is -0.480 e. The van der Waals surface area contributed by atoms with Crippen molar-refractivity contribution < 1.29 is 19.4 Å². The summed E-state index contributed by atoms with van der Waals surface area (Å²) in [4.78, 5) is 22.3. The highest BCUT2D eigenvalue weighted by molar-refractivity contribution is 5.82. The van der Waals surface area contributed by atoms with E-state index in [0.29, 0.717) is 5.92 Å². The Hall–Kier alpha value is -1.30. The van der Waals surface area contributed by atoms with E-state index in [9.17, 15) is 9.59 Å². The Kier molecular flexibility index (Phi) is 5.21. The van der Waals surface area contributed by atoms with E-state index >= 15 is 0 Å². The van der Waals surface area contributed by atoms with Gasteiger partial charge in [0.2, 0.25) is 0 Å². The van der Waals surface area contributed by atoms with Crippen LogP contribution in [0.5, 0.6) is 0 Å². The predicted molar refractivity (Wildman–Crippen MR) is 61.8 cm³/mol. The molecule has 1 rings (SSSR count). The molecular weight excluding hydrogens is 224 g/mol. The summed E-state index contributed by atoms with van der Waals surface area (Å²) < 4.78 is 4.73. The number of carboxylic acid groups (broad SMARTS) is 1. The third kappa shape index (κ3) is 4.22. The summed E-state index contributed by atoms with van der Waals surface area (Å²) in [6.45, 7) is 1.90. The second-order valence-electron chi connectivity index (χ2n) is 4.44. The average molecular weight is 244 g/mol. The average Bonchev–Trinajstić information content (AvgIpc) is 2.13. The summed E-state index contributed by atoms with van der Waals surface area (Å²) in [6, 6.07) is -1.37. The lowest BCUT2D eigenvalue weighted by atomic mass is 9.80. The van der Waals surface area contributed by atoms with Gasteiger partial charge in [0, 0.05) is 13.2 Å². The molecule has 0 aliphatic heterocycles. The van der Waals surface area contributed by atoms with Crippen molar-refractivity contribution >= 4 is 12.0 Å². The number of carboxylic acids is 1. The van der Waals surface area contributed by atoms with Crippen LogP contribution in [0.4, 0.5) is 4.79 Å². The molecule has 1 aliphatic carbocycles. The topological polar surface area (TPSA) is 87.7 Å². The number of nitrogens with one attached hydrogen (secondary N) is 2. The highest BCUT2D eigenvalue weighted by Crippen LogP contribution is 2.29. The molecule has 2 unspecified atom stereocenters. The quantitative estimate of drug-likeness (QED) is 0.637. The fourth-order valence-corrected chi connectivity index (χ4v) is 1.81. The smallest absolute Gasteiger partial charge is 0.328 e. The monoisotopic (exact) mass is 244 g/mol. The van der Waals surface area contributed by atoms with E-state index in [1.165, 1.54) is 13.5 Å². The first-order chi connectivity index (χ1) is 8.04. The van der Waals surface area contributed by atoms with Crippen LogP contribution in [0.15, 0.2) is 0 Å². The molecule has 0 saturated heterocycles. The molecule has 0 aromatic heterocycles. The first-order valence-corrected chi connectivity index (χ1v) is 5.83. The van der Waals surface area contributed by atoms with Crippen molar-refractivity contribution in [3.05, 3.63) is 0 Å². The van der Waals surface area contributed by atoms with Crippen LogP contribution < -0.4 is 10.6 Å². The molecule has 0 bridgehead atoms. The van der Waals surface area contributed by atoms with E-state index in [2.05, 4.69) is 10.6 Å². The zero-order valence-electron chi connectivity index (χ0n) is 10.2. The number of hydrogen-bond donors (Lipinski definition) is 3. The van der Waals surface area contributed by atoms with Crippen molar-refractivity contribution in [1.82, 2.24) is 10.6 Å². The maximum absolute atomic E-state index is 11.5. The van der Waals surface area contributed by atoms with E-state index < -0.39 is 18.0 Å². The van der Waals surface area contributed by atoms with Crippen molar-refractivity contribution in [2.24, 2.45) is 5.92 Å². The summed E-state index contributed by atoms with van der Waals surface area (Å²) in [6.07, 6.45) is 3.46. The van der Waals surface area contributed by atoms with E-state index in [1.54, 1.807) is 0 Å². The van der Waals surface area contributed by atoms with Gasteiger partial charge in [0.15, 0.2) is 6.04 Å². The Balaban J connectivity index is 2.33. The van der Waals surface area contributed by atoms with Gasteiger partial charge in [-0.3, -0.25) is 0 Å². The summed E-state index contributed by atoms with van der Waals surface area (Å²) in [7, 11) is 1.40. The zero-order chi connectivity index (χ0) is 12.8. The molecule has 1 aliphatic rings. The van der Waals surface area contributed by atoms with Gasteiger partial charge < -0.3 is 20.5 Å². The second-order valence-corrected chi connectivity index (χ2v) is 4.44. The summed E-state index contributed by atoms with van der Waals surface area (Å²) >= 11 is 0. The van der Waals surface area contributed by atoms with Crippen LogP contribution in [0, 0.1) is 5.92 Å². The Bertz CT molecular complexity index is 279. The van der Waals surface area contributed by atoms with Crippen molar-refractivity contribution in [2.75, 3.05) is 13.7 Å². The van der Waals surface area contributed by atoms with Crippen LogP contribution in [0.1, 0.15) is 26.2 Å². The highest BCUT2D eigenvalue weighted by atomic mass is 16.5. The van der Waals surface area contributed by atoms with Crippen LogP contribution in [-0.4, -0.2) is 42.9 Å². The Morgan fingerprint density at radius 3 is 2.47 bits per heavy atom. The number of ether oxygens (including phenoxy) is 1. The molecule has 0 heterocycles. The van der Waals surface area contributed by atoms with Crippen molar-refractivity contribution in [3.63, 3.8) is 0 Å². The Morgan fingerprint density at radius 1 is 1.41 bits per heavy atom.